The summed E-state index contributed by atoms with van der Waals surface area (Å²) in [6.45, 7) is 1.89. The van der Waals surface area contributed by atoms with Crippen molar-refractivity contribution in [1.82, 2.24) is 9.88 Å². The summed E-state index contributed by atoms with van der Waals surface area (Å²) in [5.41, 5.74) is 6.93. The van der Waals surface area contributed by atoms with Crippen LogP contribution in [0.4, 0.5) is 0 Å². The molecule has 1 saturated heterocycles. The van der Waals surface area contributed by atoms with Gasteiger partial charge in [-0.15, -0.1) is 0 Å². The molecule has 2 fully saturated rings. The average molecular weight is 305 g/mol. The van der Waals surface area contributed by atoms with Crippen molar-refractivity contribution in [3.63, 3.8) is 0 Å². The van der Waals surface area contributed by atoms with Gasteiger partial charge in [-0.05, 0) is 30.5 Å². The molecule has 22 heavy (non-hydrogen) atoms. The van der Waals surface area contributed by atoms with Gasteiger partial charge < -0.3 is 20.5 Å². The molecule has 1 aromatic heterocycles. The fraction of sp³-hybridized carbons (Fsp3) is 0.625. The number of rotatable bonds is 5. The number of aliphatic hydroxyl groups is 1. The van der Waals surface area contributed by atoms with E-state index in [0.29, 0.717) is 26.0 Å². The van der Waals surface area contributed by atoms with Gasteiger partial charge in [0.25, 0.3) is 0 Å². The van der Waals surface area contributed by atoms with Crippen molar-refractivity contribution < 1.29 is 14.6 Å². The van der Waals surface area contributed by atoms with Gasteiger partial charge in [-0.3, -0.25) is 9.78 Å². The molecule has 3 rings (SSSR count). The van der Waals surface area contributed by atoms with Crippen LogP contribution in [0.3, 0.4) is 0 Å². The lowest BCUT2D eigenvalue weighted by Gasteiger charge is -2.39. The highest BCUT2D eigenvalue weighted by molar-refractivity contribution is 5.77. The SMILES string of the molecule is N[C@H]1C[C@@H](O)[C@@H]1CC(=O)N1CCC(OCc2ccncc2)C1. The molecule has 6 heteroatoms. The minimum atomic E-state index is -0.416. The zero-order valence-electron chi connectivity index (χ0n) is 12.6. The average Bonchev–Trinajstić information content (AvgIpc) is 3.01. The number of carbonyl (C=O) groups is 1. The van der Waals surface area contributed by atoms with Crippen LogP contribution in [0.5, 0.6) is 0 Å². The molecule has 0 radical (unpaired) electrons. The quantitative estimate of drug-likeness (QED) is 0.816. The molecule has 2 heterocycles. The second-order valence-corrected chi connectivity index (χ2v) is 6.25. The number of nitrogens with two attached hydrogens (primary N) is 1. The molecule has 1 amide bonds. The van der Waals surface area contributed by atoms with Crippen LogP contribution in [0.15, 0.2) is 24.5 Å². The van der Waals surface area contributed by atoms with Crippen LogP contribution in [0.1, 0.15) is 24.8 Å². The Balaban J connectivity index is 1.43. The molecule has 0 aromatic carbocycles. The lowest BCUT2D eigenvalue weighted by molar-refractivity contribution is -0.135. The Morgan fingerprint density at radius 2 is 2.23 bits per heavy atom. The largest absolute Gasteiger partial charge is 0.393 e. The fourth-order valence-electron chi connectivity index (χ4n) is 3.12. The predicted molar refractivity (Wildman–Crippen MR) is 80.7 cm³/mol. The summed E-state index contributed by atoms with van der Waals surface area (Å²) in [6.07, 6.45) is 4.97. The Morgan fingerprint density at radius 3 is 2.91 bits per heavy atom. The molecule has 1 aromatic rings. The van der Waals surface area contributed by atoms with E-state index in [-0.39, 0.29) is 24.0 Å². The van der Waals surface area contributed by atoms with Crippen LogP contribution < -0.4 is 5.73 Å². The first kappa shape index (κ1) is 15.4. The second kappa shape index (κ2) is 6.73. The molecule has 0 spiro atoms. The second-order valence-electron chi connectivity index (χ2n) is 6.25. The van der Waals surface area contributed by atoms with E-state index in [0.717, 1.165) is 18.5 Å². The lowest BCUT2D eigenvalue weighted by atomic mass is 9.75. The first-order valence-electron chi connectivity index (χ1n) is 7.85. The van der Waals surface area contributed by atoms with Crippen LogP contribution in [0.2, 0.25) is 0 Å². The van der Waals surface area contributed by atoms with Crippen molar-refractivity contribution in [2.24, 2.45) is 11.7 Å². The highest BCUT2D eigenvalue weighted by atomic mass is 16.5. The van der Waals surface area contributed by atoms with Crippen LogP contribution >= 0.6 is 0 Å². The minimum Gasteiger partial charge on any atom is -0.393 e. The van der Waals surface area contributed by atoms with Crippen molar-refractivity contribution in [2.45, 2.75) is 44.1 Å². The summed E-state index contributed by atoms with van der Waals surface area (Å²) in [6, 6.07) is 3.81. The van der Waals surface area contributed by atoms with Crippen LogP contribution in [0.25, 0.3) is 0 Å². The van der Waals surface area contributed by atoms with E-state index >= 15 is 0 Å². The maximum atomic E-state index is 12.3. The molecule has 2 aliphatic rings. The Labute approximate surface area is 130 Å². The molecular weight excluding hydrogens is 282 g/mol. The van der Waals surface area contributed by atoms with Gasteiger partial charge in [-0.2, -0.15) is 0 Å². The van der Waals surface area contributed by atoms with E-state index in [4.69, 9.17) is 10.5 Å². The van der Waals surface area contributed by atoms with Crippen LogP contribution in [-0.4, -0.2) is 52.2 Å². The van der Waals surface area contributed by atoms with Gasteiger partial charge in [0.1, 0.15) is 0 Å². The molecule has 1 aliphatic carbocycles. The molecule has 0 bridgehead atoms. The Bertz CT molecular complexity index is 503. The van der Waals surface area contributed by atoms with Crippen molar-refractivity contribution in [3.8, 4) is 0 Å². The summed E-state index contributed by atoms with van der Waals surface area (Å²) in [5, 5.41) is 9.65. The van der Waals surface area contributed by atoms with E-state index in [2.05, 4.69) is 4.98 Å². The van der Waals surface area contributed by atoms with Crippen LogP contribution in [0, 0.1) is 5.92 Å². The van der Waals surface area contributed by atoms with E-state index in [1.165, 1.54) is 0 Å². The van der Waals surface area contributed by atoms with Gasteiger partial charge in [0.05, 0.1) is 18.8 Å². The monoisotopic (exact) mass is 305 g/mol. The summed E-state index contributed by atoms with van der Waals surface area (Å²) < 4.78 is 5.86. The molecule has 3 N–H and O–H groups in total. The zero-order chi connectivity index (χ0) is 15.5. The number of amides is 1. The van der Waals surface area contributed by atoms with Crippen molar-refractivity contribution >= 4 is 5.91 Å². The normalized spacial score (nSPS) is 31.1. The number of aromatic nitrogens is 1. The number of hydrogen-bond acceptors (Lipinski definition) is 5. The number of hydrogen-bond donors (Lipinski definition) is 2. The number of ether oxygens (including phenoxy) is 1. The first-order valence-corrected chi connectivity index (χ1v) is 7.85. The molecule has 4 atom stereocenters. The predicted octanol–water partition coefficient (Wildman–Crippen LogP) is 0.297. The molecule has 6 nitrogen and oxygen atoms in total. The third-order valence-electron chi connectivity index (χ3n) is 4.70. The standard InChI is InChI=1S/C16H23N3O3/c17-14-8-15(20)13(14)7-16(21)19-6-3-12(9-19)22-10-11-1-4-18-5-2-11/h1-2,4-5,12-15,20H,3,6-10,17H2/t12?,13-,14+,15-/m1/s1. The Kier molecular flexibility index (Phi) is 4.71. The molecule has 1 aliphatic heterocycles. The summed E-state index contributed by atoms with van der Waals surface area (Å²) in [4.78, 5) is 18.1. The highest BCUT2D eigenvalue weighted by Crippen LogP contribution is 2.30. The van der Waals surface area contributed by atoms with E-state index in [9.17, 15) is 9.90 Å². The Hall–Kier alpha value is -1.50. The van der Waals surface area contributed by atoms with E-state index in [1.54, 1.807) is 12.4 Å². The molecule has 1 unspecified atom stereocenters. The molecule has 1 saturated carbocycles. The zero-order valence-corrected chi connectivity index (χ0v) is 12.6. The molecule has 120 valence electrons. The summed E-state index contributed by atoms with van der Waals surface area (Å²) in [7, 11) is 0. The van der Waals surface area contributed by atoms with Gasteiger partial charge in [0, 0.05) is 43.9 Å². The highest BCUT2D eigenvalue weighted by Gasteiger charge is 2.40. The number of pyridine rings is 1. The maximum absolute atomic E-state index is 12.3. The summed E-state index contributed by atoms with van der Waals surface area (Å²) >= 11 is 0. The third-order valence-corrected chi connectivity index (χ3v) is 4.70. The third kappa shape index (κ3) is 3.45. The lowest BCUT2D eigenvalue weighted by Crippen LogP contribution is -2.52. The first-order chi connectivity index (χ1) is 10.6. The van der Waals surface area contributed by atoms with Gasteiger partial charge in [-0.25, -0.2) is 0 Å². The Morgan fingerprint density at radius 1 is 1.45 bits per heavy atom. The van der Waals surface area contributed by atoms with Crippen molar-refractivity contribution in [3.05, 3.63) is 30.1 Å². The number of likely N-dealkylation sites (tertiary alicyclic amines) is 1. The van der Waals surface area contributed by atoms with Gasteiger partial charge >= 0.3 is 0 Å². The number of nitrogens with zero attached hydrogens (tertiary/aromatic N) is 2. The minimum absolute atomic E-state index is 0.0414. The molecular formula is C16H23N3O3. The fourth-order valence-corrected chi connectivity index (χ4v) is 3.12. The number of aliphatic hydroxyl groups excluding tert-OH is 1. The van der Waals surface area contributed by atoms with Gasteiger partial charge in [0.2, 0.25) is 5.91 Å². The van der Waals surface area contributed by atoms with E-state index < -0.39 is 6.10 Å². The van der Waals surface area contributed by atoms with Crippen LogP contribution in [-0.2, 0) is 16.1 Å². The number of carbonyl (C=O) groups excluding carboxylic acids is 1. The summed E-state index contributed by atoms with van der Waals surface area (Å²) in [5.74, 6) is -0.00139. The topological polar surface area (TPSA) is 88.7 Å². The van der Waals surface area contributed by atoms with E-state index in [1.807, 2.05) is 17.0 Å². The van der Waals surface area contributed by atoms with Gasteiger partial charge in [-0.1, -0.05) is 0 Å². The maximum Gasteiger partial charge on any atom is 0.223 e. The van der Waals surface area contributed by atoms with Gasteiger partial charge in [0.15, 0.2) is 0 Å². The van der Waals surface area contributed by atoms with Crippen molar-refractivity contribution in [1.29, 1.82) is 0 Å². The smallest absolute Gasteiger partial charge is 0.223 e. The van der Waals surface area contributed by atoms with Crippen molar-refractivity contribution in [2.75, 3.05) is 13.1 Å².